The minimum atomic E-state index is 0.225. The first-order valence-corrected chi connectivity index (χ1v) is 6.51. The van der Waals surface area contributed by atoms with Crippen molar-refractivity contribution in [2.45, 2.75) is 57.6 Å². The van der Waals surface area contributed by atoms with Gasteiger partial charge in [0.2, 0.25) is 5.88 Å². The van der Waals surface area contributed by atoms with E-state index >= 15 is 0 Å². The van der Waals surface area contributed by atoms with E-state index in [-0.39, 0.29) is 12.1 Å². The molecule has 2 rings (SSSR count). The molecule has 1 fully saturated rings. The van der Waals surface area contributed by atoms with Gasteiger partial charge in [-0.15, -0.1) is 0 Å². The van der Waals surface area contributed by atoms with Gasteiger partial charge in [-0.05, 0) is 32.1 Å². The van der Waals surface area contributed by atoms with Gasteiger partial charge in [-0.3, -0.25) is 0 Å². The van der Waals surface area contributed by atoms with Crippen LogP contribution in [0.4, 0.5) is 0 Å². The average molecular weight is 235 g/mol. The number of hydrogen-bond donors (Lipinski definition) is 1. The van der Waals surface area contributed by atoms with E-state index in [1.807, 2.05) is 6.07 Å². The van der Waals surface area contributed by atoms with E-state index < -0.39 is 0 Å². The molecule has 1 aliphatic rings. The van der Waals surface area contributed by atoms with Crippen molar-refractivity contribution in [3.8, 4) is 5.88 Å². The smallest absolute Gasteiger partial charge is 0.216 e. The Hall–Kier alpha value is -1.16. The van der Waals surface area contributed by atoms with Crippen LogP contribution >= 0.6 is 0 Å². The molecule has 0 spiro atoms. The molecule has 17 heavy (non-hydrogen) atoms. The van der Waals surface area contributed by atoms with E-state index in [2.05, 4.69) is 16.9 Å². The van der Waals surface area contributed by atoms with Crippen LogP contribution in [0.5, 0.6) is 5.88 Å². The van der Waals surface area contributed by atoms with Gasteiger partial charge in [-0.1, -0.05) is 13.3 Å². The molecule has 1 saturated carbocycles. The van der Waals surface area contributed by atoms with E-state index in [1.165, 1.54) is 0 Å². The quantitative estimate of drug-likeness (QED) is 0.868. The molecule has 1 aliphatic carbocycles. The highest BCUT2D eigenvalue weighted by molar-refractivity contribution is 5.14. The van der Waals surface area contributed by atoms with Crippen LogP contribution in [-0.2, 0) is 6.42 Å². The van der Waals surface area contributed by atoms with Gasteiger partial charge < -0.3 is 10.5 Å². The minimum Gasteiger partial charge on any atom is -0.474 e. The summed E-state index contributed by atoms with van der Waals surface area (Å²) in [6.07, 6.45) is 8.16. The van der Waals surface area contributed by atoms with E-state index in [4.69, 9.17) is 10.5 Å². The van der Waals surface area contributed by atoms with E-state index in [9.17, 15) is 0 Å². The summed E-state index contributed by atoms with van der Waals surface area (Å²) in [6, 6.07) is 2.23. The van der Waals surface area contributed by atoms with Crippen molar-refractivity contribution in [3.05, 3.63) is 18.1 Å². The second-order valence-electron chi connectivity index (χ2n) is 4.76. The number of aryl methyl sites for hydroxylation is 1. The average Bonchev–Trinajstić information content (AvgIpc) is 2.30. The lowest BCUT2D eigenvalue weighted by Gasteiger charge is -2.26. The van der Waals surface area contributed by atoms with Crippen LogP contribution in [0.25, 0.3) is 0 Å². The maximum absolute atomic E-state index is 5.94. The molecule has 0 aromatic carbocycles. The summed E-state index contributed by atoms with van der Waals surface area (Å²) in [5, 5.41) is 0. The van der Waals surface area contributed by atoms with Gasteiger partial charge in [0, 0.05) is 17.8 Å². The van der Waals surface area contributed by atoms with E-state index in [0.29, 0.717) is 5.88 Å². The van der Waals surface area contributed by atoms with Crippen LogP contribution in [-0.4, -0.2) is 22.1 Å². The zero-order valence-corrected chi connectivity index (χ0v) is 10.4. The second kappa shape index (κ2) is 5.96. The third-order valence-corrected chi connectivity index (χ3v) is 3.16. The van der Waals surface area contributed by atoms with Crippen LogP contribution in [0.1, 0.15) is 44.7 Å². The van der Waals surface area contributed by atoms with Gasteiger partial charge in [0.25, 0.3) is 0 Å². The maximum Gasteiger partial charge on any atom is 0.216 e. The predicted molar refractivity (Wildman–Crippen MR) is 66.9 cm³/mol. The van der Waals surface area contributed by atoms with Gasteiger partial charge in [-0.25, -0.2) is 9.97 Å². The molecule has 4 heteroatoms. The van der Waals surface area contributed by atoms with Crippen molar-refractivity contribution in [1.82, 2.24) is 9.97 Å². The SMILES string of the molecule is CCCc1cc(OC2CCCC(N)C2)ncn1. The molecule has 2 N–H and O–H groups in total. The van der Waals surface area contributed by atoms with E-state index in [0.717, 1.165) is 44.2 Å². The van der Waals surface area contributed by atoms with Crippen LogP contribution < -0.4 is 10.5 Å². The monoisotopic (exact) mass is 235 g/mol. The Morgan fingerprint density at radius 3 is 3.06 bits per heavy atom. The topological polar surface area (TPSA) is 61.0 Å². The van der Waals surface area contributed by atoms with Crippen molar-refractivity contribution in [2.24, 2.45) is 5.73 Å². The van der Waals surface area contributed by atoms with Crippen molar-refractivity contribution in [3.63, 3.8) is 0 Å². The lowest BCUT2D eigenvalue weighted by Crippen LogP contribution is -2.33. The number of nitrogens with zero attached hydrogens (tertiary/aromatic N) is 2. The highest BCUT2D eigenvalue weighted by Crippen LogP contribution is 2.21. The Bertz CT molecular complexity index is 356. The molecular formula is C13H21N3O. The van der Waals surface area contributed by atoms with Crippen LogP contribution in [0.2, 0.25) is 0 Å². The summed E-state index contributed by atoms with van der Waals surface area (Å²) in [6.45, 7) is 2.14. The highest BCUT2D eigenvalue weighted by Gasteiger charge is 2.20. The first-order chi connectivity index (χ1) is 8.28. The molecule has 1 heterocycles. The first-order valence-electron chi connectivity index (χ1n) is 6.51. The first kappa shape index (κ1) is 12.3. The number of aromatic nitrogens is 2. The zero-order chi connectivity index (χ0) is 12.1. The maximum atomic E-state index is 5.94. The fraction of sp³-hybridized carbons (Fsp3) is 0.692. The van der Waals surface area contributed by atoms with Crippen LogP contribution in [0, 0.1) is 0 Å². The number of ether oxygens (including phenoxy) is 1. The second-order valence-corrected chi connectivity index (χ2v) is 4.76. The van der Waals surface area contributed by atoms with Crippen molar-refractivity contribution in [2.75, 3.05) is 0 Å². The Morgan fingerprint density at radius 2 is 2.29 bits per heavy atom. The summed E-state index contributed by atoms with van der Waals surface area (Å²) in [5.74, 6) is 0.697. The normalized spacial score (nSPS) is 24.6. The Kier molecular flexibility index (Phi) is 4.31. The molecule has 0 saturated heterocycles. The largest absolute Gasteiger partial charge is 0.474 e. The standard InChI is InChI=1S/C13H21N3O/c1-2-4-11-8-13(16-9-15-11)17-12-6-3-5-10(14)7-12/h8-10,12H,2-7,14H2,1H3. The van der Waals surface area contributed by atoms with Gasteiger partial charge in [-0.2, -0.15) is 0 Å². The zero-order valence-electron chi connectivity index (χ0n) is 10.4. The Balaban J connectivity index is 1.95. The third kappa shape index (κ3) is 3.66. The summed E-state index contributed by atoms with van der Waals surface area (Å²) in [7, 11) is 0. The van der Waals surface area contributed by atoms with Crippen LogP contribution in [0.15, 0.2) is 12.4 Å². The van der Waals surface area contributed by atoms with Gasteiger partial charge >= 0.3 is 0 Å². The van der Waals surface area contributed by atoms with Gasteiger partial charge in [0.1, 0.15) is 12.4 Å². The molecule has 4 nitrogen and oxygen atoms in total. The molecule has 0 amide bonds. The number of rotatable bonds is 4. The molecular weight excluding hydrogens is 214 g/mol. The fourth-order valence-corrected chi connectivity index (χ4v) is 2.29. The van der Waals surface area contributed by atoms with Crippen LogP contribution in [0.3, 0.4) is 0 Å². The van der Waals surface area contributed by atoms with Crippen molar-refractivity contribution in [1.29, 1.82) is 0 Å². The Morgan fingerprint density at radius 1 is 1.41 bits per heavy atom. The molecule has 1 aromatic heterocycles. The van der Waals surface area contributed by atoms with Crippen molar-refractivity contribution >= 4 is 0 Å². The summed E-state index contributed by atoms with van der Waals surface area (Å²) in [5.41, 5.74) is 7.00. The molecule has 0 radical (unpaired) electrons. The van der Waals surface area contributed by atoms with Gasteiger partial charge in [0.05, 0.1) is 0 Å². The Labute approximate surface area is 103 Å². The molecule has 0 aliphatic heterocycles. The molecule has 2 unspecified atom stereocenters. The number of nitrogens with two attached hydrogens (primary N) is 1. The minimum absolute atomic E-state index is 0.225. The predicted octanol–water partition coefficient (Wildman–Crippen LogP) is 2.08. The van der Waals surface area contributed by atoms with E-state index in [1.54, 1.807) is 6.33 Å². The summed E-state index contributed by atoms with van der Waals surface area (Å²) >= 11 is 0. The molecule has 2 atom stereocenters. The van der Waals surface area contributed by atoms with Crippen molar-refractivity contribution < 1.29 is 4.74 Å². The highest BCUT2D eigenvalue weighted by atomic mass is 16.5. The van der Waals surface area contributed by atoms with Gasteiger partial charge in [0.15, 0.2) is 0 Å². The fourth-order valence-electron chi connectivity index (χ4n) is 2.29. The lowest BCUT2D eigenvalue weighted by atomic mass is 9.94. The number of hydrogen-bond acceptors (Lipinski definition) is 4. The molecule has 94 valence electrons. The molecule has 0 bridgehead atoms. The third-order valence-electron chi connectivity index (χ3n) is 3.16. The molecule has 1 aromatic rings. The summed E-state index contributed by atoms with van der Waals surface area (Å²) < 4.78 is 5.88. The summed E-state index contributed by atoms with van der Waals surface area (Å²) in [4.78, 5) is 8.39. The lowest BCUT2D eigenvalue weighted by molar-refractivity contribution is 0.138.